The number of hydrogen-bond donors (Lipinski definition) is 1. The minimum atomic E-state index is -0.403. The van der Waals surface area contributed by atoms with E-state index >= 15 is 0 Å². The first kappa shape index (κ1) is 28.4. The molecule has 1 aliphatic rings. The summed E-state index contributed by atoms with van der Waals surface area (Å²) in [5, 5.41) is 13.8. The molecule has 40 heavy (non-hydrogen) atoms. The fraction of sp³-hybridized carbons (Fsp3) is 0.333. The van der Waals surface area contributed by atoms with Crippen molar-refractivity contribution in [1.29, 1.82) is 0 Å². The second kappa shape index (κ2) is 12.6. The number of aryl methyl sites for hydroxylation is 1. The highest BCUT2D eigenvalue weighted by atomic mass is 35.5. The van der Waals surface area contributed by atoms with Gasteiger partial charge in [0.1, 0.15) is 5.00 Å². The second-order valence-electron chi connectivity index (χ2n) is 9.96. The Kier molecular flexibility index (Phi) is 8.93. The maximum absolute atomic E-state index is 13.2. The van der Waals surface area contributed by atoms with Gasteiger partial charge in [-0.2, -0.15) is 0 Å². The number of amides is 1. The van der Waals surface area contributed by atoms with E-state index in [1.807, 2.05) is 47.0 Å². The number of carbonyl (C=O) groups excluding carboxylic acids is 2. The van der Waals surface area contributed by atoms with Crippen LogP contribution in [-0.4, -0.2) is 39.5 Å². The van der Waals surface area contributed by atoms with Crippen LogP contribution in [0.4, 0.5) is 5.00 Å². The smallest absolute Gasteiger partial charge is 0.341 e. The molecule has 0 bridgehead atoms. The maximum atomic E-state index is 13.2. The first-order valence-corrected chi connectivity index (χ1v) is 15.5. The first-order valence-electron chi connectivity index (χ1n) is 13.3. The number of fused-ring (bicyclic) bond motifs is 1. The molecule has 1 aliphatic carbocycles. The molecule has 0 saturated heterocycles. The zero-order valence-electron chi connectivity index (χ0n) is 22.7. The van der Waals surface area contributed by atoms with Crippen molar-refractivity contribution in [3.05, 3.63) is 75.1 Å². The van der Waals surface area contributed by atoms with Crippen molar-refractivity contribution in [3.63, 3.8) is 0 Å². The van der Waals surface area contributed by atoms with E-state index in [9.17, 15) is 9.59 Å². The summed E-state index contributed by atoms with van der Waals surface area (Å²) in [7, 11) is 1.38. The summed E-state index contributed by atoms with van der Waals surface area (Å²) in [6.07, 6.45) is 4.99. The fourth-order valence-electron chi connectivity index (χ4n) is 4.99. The summed E-state index contributed by atoms with van der Waals surface area (Å²) in [4.78, 5) is 27.1. The Hall–Kier alpha value is -3.14. The van der Waals surface area contributed by atoms with E-state index in [4.69, 9.17) is 16.3 Å². The van der Waals surface area contributed by atoms with Gasteiger partial charge in [0.05, 0.1) is 24.1 Å². The van der Waals surface area contributed by atoms with Crippen molar-refractivity contribution in [1.82, 2.24) is 14.8 Å². The number of carbonyl (C=O) groups is 2. The fourth-order valence-corrected chi connectivity index (χ4v) is 7.15. The van der Waals surface area contributed by atoms with Gasteiger partial charge in [0.15, 0.2) is 11.0 Å². The molecule has 0 saturated carbocycles. The molecule has 2 heterocycles. The monoisotopic (exact) mass is 594 g/mol. The molecule has 10 heteroatoms. The Balaban J connectivity index is 1.44. The molecule has 0 atom stereocenters. The third-order valence-electron chi connectivity index (χ3n) is 6.93. The quantitative estimate of drug-likeness (QED) is 0.129. The zero-order valence-corrected chi connectivity index (χ0v) is 25.1. The van der Waals surface area contributed by atoms with Crippen LogP contribution in [0.25, 0.3) is 17.1 Å². The Bertz CT molecular complexity index is 1530. The van der Waals surface area contributed by atoms with Gasteiger partial charge in [-0.15, -0.1) is 21.5 Å². The lowest BCUT2D eigenvalue weighted by Crippen LogP contribution is -2.17. The SMILES string of the molecule is COC(=O)c1c(NC(=O)CSc2nnc(-c3ccc(Cl)cc3)n2-c2ccccc2C(C)C)sc2c1CCCCC2. The minimum Gasteiger partial charge on any atom is -0.465 e. The molecule has 0 aliphatic heterocycles. The van der Waals surface area contributed by atoms with Gasteiger partial charge in [-0.05, 0) is 73.1 Å². The maximum Gasteiger partial charge on any atom is 0.341 e. The molecule has 4 aromatic rings. The molecular weight excluding hydrogens is 564 g/mol. The van der Waals surface area contributed by atoms with E-state index < -0.39 is 5.97 Å². The number of anilines is 1. The number of nitrogens with zero attached hydrogens (tertiary/aromatic N) is 3. The third kappa shape index (κ3) is 5.96. The number of methoxy groups -OCH3 is 1. The summed E-state index contributed by atoms with van der Waals surface area (Å²) < 4.78 is 7.09. The van der Waals surface area contributed by atoms with Crippen LogP contribution >= 0.6 is 34.7 Å². The Morgan fingerprint density at radius 2 is 1.82 bits per heavy atom. The number of thiophene rings is 1. The lowest BCUT2D eigenvalue weighted by atomic mass is 10.0. The lowest BCUT2D eigenvalue weighted by molar-refractivity contribution is -0.113. The van der Waals surface area contributed by atoms with Gasteiger partial charge in [-0.1, -0.05) is 61.8 Å². The summed E-state index contributed by atoms with van der Waals surface area (Å²) in [5.41, 5.74) is 4.50. The standard InChI is InChI=1S/C30H31ClN4O3S2/c1-18(2)21-9-7-8-11-23(21)35-27(19-13-15-20(31)16-14-19)33-34-30(35)39-17-25(36)32-28-26(29(37)38-3)22-10-5-4-6-12-24(22)40-28/h7-9,11,13-16,18H,4-6,10,12,17H2,1-3H3,(H,32,36). The van der Waals surface area contributed by atoms with Crippen LogP contribution in [0.5, 0.6) is 0 Å². The van der Waals surface area contributed by atoms with Crippen molar-refractivity contribution < 1.29 is 14.3 Å². The highest BCUT2D eigenvalue weighted by Crippen LogP contribution is 2.38. The van der Waals surface area contributed by atoms with E-state index in [0.29, 0.717) is 26.6 Å². The van der Waals surface area contributed by atoms with Gasteiger partial charge < -0.3 is 10.1 Å². The highest BCUT2D eigenvalue weighted by Gasteiger charge is 2.27. The van der Waals surface area contributed by atoms with Crippen LogP contribution in [0.15, 0.2) is 53.7 Å². The van der Waals surface area contributed by atoms with E-state index in [1.165, 1.54) is 35.1 Å². The molecule has 1 amide bonds. The predicted molar refractivity (Wildman–Crippen MR) is 162 cm³/mol. The summed E-state index contributed by atoms with van der Waals surface area (Å²) >= 11 is 8.94. The molecular formula is C30H31ClN4O3S2. The molecule has 7 nitrogen and oxygen atoms in total. The molecule has 0 radical (unpaired) electrons. The lowest BCUT2D eigenvalue weighted by Gasteiger charge is -2.17. The van der Waals surface area contributed by atoms with Crippen molar-refractivity contribution in [3.8, 4) is 17.1 Å². The third-order valence-corrected chi connectivity index (χ3v) is 9.32. The topological polar surface area (TPSA) is 86.1 Å². The normalized spacial score (nSPS) is 13.1. The van der Waals surface area contributed by atoms with Crippen LogP contribution in [0, 0.1) is 0 Å². The molecule has 208 valence electrons. The van der Waals surface area contributed by atoms with Gasteiger partial charge in [0.2, 0.25) is 5.91 Å². The largest absolute Gasteiger partial charge is 0.465 e. The Morgan fingerprint density at radius 3 is 2.58 bits per heavy atom. The van der Waals surface area contributed by atoms with Crippen LogP contribution in [0.2, 0.25) is 5.02 Å². The van der Waals surface area contributed by atoms with Gasteiger partial charge >= 0.3 is 5.97 Å². The number of thioether (sulfide) groups is 1. The number of esters is 1. The second-order valence-corrected chi connectivity index (χ2v) is 12.4. The Morgan fingerprint density at radius 1 is 1.07 bits per heavy atom. The minimum absolute atomic E-state index is 0.103. The van der Waals surface area contributed by atoms with Gasteiger partial charge in [0, 0.05) is 15.5 Å². The number of hydrogen-bond acceptors (Lipinski definition) is 7. The van der Waals surface area contributed by atoms with Crippen molar-refractivity contribution >= 4 is 51.6 Å². The van der Waals surface area contributed by atoms with Gasteiger partial charge in [0.25, 0.3) is 0 Å². The van der Waals surface area contributed by atoms with Crippen LogP contribution in [0.3, 0.4) is 0 Å². The number of rotatable bonds is 8. The van der Waals surface area contributed by atoms with Crippen molar-refractivity contribution in [2.75, 3.05) is 18.2 Å². The highest BCUT2D eigenvalue weighted by molar-refractivity contribution is 7.99. The van der Waals surface area contributed by atoms with Gasteiger partial charge in [-0.3, -0.25) is 9.36 Å². The molecule has 0 unspecified atom stereocenters. The molecule has 0 spiro atoms. The number of benzene rings is 2. The number of ether oxygens (including phenoxy) is 1. The van der Waals surface area contributed by atoms with Crippen molar-refractivity contribution in [2.45, 2.75) is 57.0 Å². The first-order chi connectivity index (χ1) is 19.4. The Labute approximate surface area is 247 Å². The summed E-state index contributed by atoms with van der Waals surface area (Å²) in [5.74, 6) is 0.420. The molecule has 1 N–H and O–H groups in total. The number of nitrogens with one attached hydrogen (secondary N) is 1. The van der Waals surface area contributed by atoms with E-state index in [-0.39, 0.29) is 17.6 Å². The number of halogens is 1. The van der Waals surface area contributed by atoms with Crippen LogP contribution in [-0.2, 0) is 22.4 Å². The molecule has 2 aromatic heterocycles. The molecule has 2 aromatic carbocycles. The average molecular weight is 595 g/mol. The number of aromatic nitrogens is 3. The van der Waals surface area contributed by atoms with E-state index in [0.717, 1.165) is 54.5 Å². The predicted octanol–water partition coefficient (Wildman–Crippen LogP) is 7.56. The molecule has 0 fully saturated rings. The van der Waals surface area contributed by atoms with E-state index in [1.54, 1.807) is 0 Å². The van der Waals surface area contributed by atoms with Crippen LogP contribution in [0.1, 0.15) is 65.4 Å². The average Bonchev–Trinajstić information content (AvgIpc) is 3.44. The molecule has 5 rings (SSSR count). The van der Waals surface area contributed by atoms with Crippen molar-refractivity contribution in [2.24, 2.45) is 0 Å². The summed E-state index contributed by atoms with van der Waals surface area (Å²) in [6, 6.07) is 15.6. The van der Waals surface area contributed by atoms with Gasteiger partial charge in [-0.25, -0.2) is 4.79 Å². The van der Waals surface area contributed by atoms with Crippen LogP contribution < -0.4 is 5.32 Å². The summed E-state index contributed by atoms with van der Waals surface area (Å²) in [6.45, 7) is 4.29. The zero-order chi connectivity index (χ0) is 28.2. The van der Waals surface area contributed by atoms with E-state index in [2.05, 4.69) is 35.4 Å². The number of para-hydroxylation sites is 1.